The first kappa shape index (κ1) is 36.5. The van der Waals surface area contributed by atoms with E-state index in [9.17, 15) is 14.7 Å². The lowest BCUT2D eigenvalue weighted by atomic mass is 10.0. The Morgan fingerprint density at radius 3 is 1.78 bits per heavy atom. The molecule has 254 valence electrons. The topological polar surface area (TPSA) is 131 Å². The van der Waals surface area contributed by atoms with Crippen LogP contribution in [0.15, 0.2) is 91.7 Å². The third-order valence-electron chi connectivity index (χ3n) is 7.15. The Morgan fingerprint density at radius 1 is 0.714 bits per heavy atom. The van der Waals surface area contributed by atoms with Gasteiger partial charge in [0.2, 0.25) is 11.8 Å². The number of carbonyl (C=O) groups is 2. The fourth-order valence-electron chi connectivity index (χ4n) is 4.90. The van der Waals surface area contributed by atoms with E-state index in [2.05, 4.69) is 52.5 Å². The van der Waals surface area contributed by atoms with Crippen molar-refractivity contribution in [1.29, 1.82) is 0 Å². The van der Waals surface area contributed by atoms with Crippen molar-refractivity contribution in [3.05, 3.63) is 114 Å². The molecular formula is C35H30Br2Cl2N4O6. The highest BCUT2D eigenvalue weighted by Gasteiger charge is 2.23. The molecule has 0 saturated heterocycles. The molecule has 0 spiro atoms. The number of hydrogen-bond acceptors (Lipinski definition) is 8. The maximum Gasteiger partial charge on any atom is 0.246 e. The van der Waals surface area contributed by atoms with Gasteiger partial charge in [0.05, 0.1) is 51.6 Å². The molecule has 4 aromatic rings. The molecule has 2 heterocycles. The second kappa shape index (κ2) is 17.2. The number of amides is 2. The van der Waals surface area contributed by atoms with Crippen molar-refractivity contribution in [3.63, 3.8) is 0 Å². The molecule has 0 aliphatic carbocycles. The van der Waals surface area contributed by atoms with Crippen molar-refractivity contribution >= 4 is 89.7 Å². The van der Waals surface area contributed by atoms with Crippen LogP contribution in [0.3, 0.4) is 0 Å². The van der Waals surface area contributed by atoms with E-state index >= 15 is 0 Å². The van der Waals surface area contributed by atoms with E-state index in [4.69, 9.17) is 37.4 Å². The van der Waals surface area contributed by atoms with Crippen molar-refractivity contribution in [2.45, 2.75) is 0 Å². The van der Waals surface area contributed by atoms with Crippen LogP contribution >= 0.6 is 55.1 Å². The van der Waals surface area contributed by atoms with Crippen molar-refractivity contribution < 1.29 is 28.9 Å². The van der Waals surface area contributed by atoms with E-state index in [0.29, 0.717) is 75.1 Å². The summed E-state index contributed by atoms with van der Waals surface area (Å²) >= 11 is 19.4. The lowest BCUT2D eigenvalue weighted by Crippen LogP contribution is -2.14. The normalized spacial score (nSPS) is 13.7. The number of anilines is 2. The number of carbonyl (C=O) groups excluding carboxylic acids is 2. The van der Waals surface area contributed by atoms with Crippen LogP contribution in [0.25, 0.3) is 0 Å². The largest absolute Gasteiger partial charge is 0.507 e. The second-order valence-electron chi connectivity index (χ2n) is 10.5. The Balaban J connectivity index is 0.000000199. The summed E-state index contributed by atoms with van der Waals surface area (Å²) in [6.45, 7) is 1.90. The van der Waals surface area contributed by atoms with E-state index in [1.807, 2.05) is 42.5 Å². The van der Waals surface area contributed by atoms with E-state index in [0.717, 1.165) is 21.2 Å². The molecule has 0 unspecified atom stereocenters. The van der Waals surface area contributed by atoms with Crippen molar-refractivity contribution in [3.8, 4) is 11.5 Å². The number of phenolic OH excluding ortho intramolecular Hbond substituents is 1. The number of nitrogens with zero attached hydrogens (tertiary/aromatic N) is 2. The molecule has 0 saturated carbocycles. The average molecular weight is 833 g/mol. The van der Waals surface area contributed by atoms with E-state index in [-0.39, 0.29) is 30.7 Å². The Kier molecular flexibility index (Phi) is 12.8. The first-order valence-electron chi connectivity index (χ1n) is 14.9. The van der Waals surface area contributed by atoms with Crippen molar-refractivity contribution in [2.75, 3.05) is 57.3 Å². The van der Waals surface area contributed by atoms with Gasteiger partial charge in [-0.15, -0.1) is 0 Å². The number of ether oxygens (including phenoxy) is 3. The number of phenols is 1. The summed E-state index contributed by atoms with van der Waals surface area (Å²) in [5, 5.41) is 16.5. The minimum atomic E-state index is -0.236. The number of rotatable bonds is 9. The first-order chi connectivity index (χ1) is 23.7. The summed E-state index contributed by atoms with van der Waals surface area (Å²) in [4.78, 5) is 32.7. The summed E-state index contributed by atoms with van der Waals surface area (Å²) in [5.41, 5.74) is 5.41. The zero-order chi connectivity index (χ0) is 34.9. The van der Waals surface area contributed by atoms with Crippen LogP contribution in [0.2, 0.25) is 10.0 Å². The summed E-state index contributed by atoms with van der Waals surface area (Å²) in [5.74, 6) is 0.226. The van der Waals surface area contributed by atoms with Crippen molar-refractivity contribution in [2.24, 2.45) is 9.98 Å². The third-order valence-corrected chi connectivity index (χ3v) is 9.07. The third kappa shape index (κ3) is 9.27. The Labute approximate surface area is 309 Å². The summed E-state index contributed by atoms with van der Waals surface area (Å²) in [6.07, 6.45) is 0. The van der Waals surface area contributed by atoms with Gasteiger partial charge in [-0.2, -0.15) is 0 Å². The molecule has 0 radical (unpaired) electrons. The fourth-order valence-corrected chi connectivity index (χ4v) is 6.15. The molecule has 10 nitrogen and oxygen atoms in total. The minimum Gasteiger partial charge on any atom is -0.507 e. The van der Waals surface area contributed by atoms with Gasteiger partial charge < -0.3 is 30.0 Å². The molecule has 49 heavy (non-hydrogen) atoms. The molecule has 14 heteroatoms. The van der Waals surface area contributed by atoms with Gasteiger partial charge in [0.1, 0.15) is 31.2 Å². The van der Waals surface area contributed by atoms with Crippen LogP contribution in [0.1, 0.15) is 22.3 Å². The number of nitrogens with one attached hydrogen (secondary N) is 2. The number of benzodiazepines with no additional fused rings is 2. The van der Waals surface area contributed by atoms with E-state index in [1.54, 1.807) is 31.4 Å². The van der Waals surface area contributed by atoms with Crippen LogP contribution in [0, 0.1) is 0 Å². The molecular weight excluding hydrogens is 803 g/mol. The zero-order valence-corrected chi connectivity index (χ0v) is 30.7. The van der Waals surface area contributed by atoms with Gasteiger partial charge in [0.15, 0.2) is 0 Å². The summed E-state index contributed by atoms with van der Waals surface area (Å²) in [7, 11) is 1.63. The molecule has 0 fully saturated rings. The highest BCUT2D eigenvalue weighted by Crippen LogP contribution is 2.36. The number of hydrogen-bond donors (Lipinski definition) is 3. The summed E-state index contributed by atoms with van der Waals surface area (Å²) < 4.78 is 17.4. The highest BCUT2D eigenvalue weighted by molar-refractivity contribution is 9.11. The molecule has 2 aliphatic heterocycles. The van der Waals surface area contributed by atoms with Gasteiger partial charge in [-0.3, -0.25) is 19.6 Å². The molecule has 2 amide bonds. The predicted molar refractivity (Wildman–Crippen MR) is 199 cm³/mol. The molecule has 2 aliphatic rings. The van der Waals surface area contributed by atoms with Crippen LogP contribution in [0.5, 0.6) is 11.5 Å². The molecule has 0 aromatic heterocycles. The Hall–Kier alpha value is -3.78. The predicted octanol–water partition coefficient (Wildman–Crippen LogP) is 7.53. The van der Waals surface area contributed by atoms with Gasteiger partial charge in [-0.1, -0.05) is 59.6 Å². The number of methoxy groups -OCH3 is 1. The standard InChI is InChI=1S/C20H20BrClN2O4.C15H10BrClN2O2/c1-26-6-7-27-8-9-28-18-11-17-14(10-15(18)21)20(23-12-19(25)24-17)13-4-2-3-5-16(13)22;16-10-5-9-12(6-13(10)20)19-14(21)7-18-15(9)8-3-1-2-4-11(8)17/h2-5,10-11H,6-9,12H2,1H3,(H,24,25);1-6,20H,7H2,(H,19,21). The molecule has 6 rings (SSSR count). The Morgan fingerprint density at radius 2 is 1.22 bits per heavy atom. The lowest BCUT2D eigenvalue weighted by Gasteiger charge is -2.15. The molecule has 3 N–H and O–H groups in total. The quantitative estimate of drug-likeness (QED) is 0.150. The van der Waals surface area contributed by atoms with Crippen LogP contribution in [-0.2, 0) is 19.1 Å². The maximum atomic E-state index is 12.1. The van der Waals surface area contributed by atoms with Gasteiger partial charge >= 0.3 is 0 Å². The van der Waals surface area contributed by atoms with E-state index < -0.39 is 0 Å². The highest BCUT2D eigenvalue weighted by atomic mass is 79.9. The number of aliphatic imine (C=N–C) groups is 2. The molecule has 0 bridgehead atoms. The number of halogens is 4. The fraction of sp³-hybridized carbons (Fsp3) is 0.200. The minimum absolute atomic E-state index is 0.00756. The summed E-state index contributed by atoms with van der Waals surface area (Å²) in [6, 6.07) is 21.6. The van der Waals surface area contributed by atoms with Gasteiger partial charge in [-0.25, -0.2) is 0 Å². The SMILES string of the molecule is COCCOCCOc1cc2c(cc1Br)C(c1ccccc1Cl)=NCC(=O)N2.O=C1CN=C(c2ccccc2Cl)c2cc(Br)c(O)cc2N1. The number of fused-ring (bicyclic) bond motifs is 2. The molecule has 0 atom stereocenters. The Bertz CT molecular complexity index is 1940. The van der Waals surface area contributed by atoms with Crippen molar-refractivity contribution in [1.82, 2.24) is 0 Å². The van der Waals surface area contributed by atoms with Gasteiger partial charge in [0.25, 0.3) is 0 Å². The van der Waals surface area contributed by atoms with Gasteiger partial charge in [-0.05, 0) is 56.1 Å². The zero-order valence-electron chi connectivity index (χ0n) is 26.1. The lowest BCUT2D eigenvalue weighted by molar-refractivity contribution is -0.115. The second-order valence-corrected chi connectivity index (χ2v) is 13.0. The van der Waals surface area contributed by atoms with Crippen LogP contribution < -0.4 is 15.4 Å². The van der Waals surface area contributed by atoms with Gasteiger partial charge in [0, 0.05) is 51.5 Å². The first-order valence-corrected chi connectivity index (χ1v) is 17.2. The smallest absolute Gasteiger partial charge is 0.246 e. The van der Waals surface area contributed by atoms with Crippen LogP contribution in [-0.4, -0.2) is 75.0 Å². The maximum absolute atomic E-state index is 12.1. The van der Waals surface area contributed by atoms with E-state index in [1.165, 1.54) is 6.07 Å². The monoisotopic (exact) mass is 830 g/mol. The van der Waals surface area contributed by atoms with Crippen LogP contribution in [0.4, 0.5) is 11.4 Å². The average Bonchev–Trinajstić information content (AvgIpc) is 3.33. The number of benzene rings is 4. The number of aromatic hydroxyl groups is 1. The molecule has 4 aromatic carbocycles.